The van der Waals surface area contributed by atoms with Gasteiger partial charge < -0.3 is 14.4 Å². The number of hydrogen-bond donors (Lipinski definition) is 0. The van der Waals surface area contributed by atoms with Gasteiger partial charge in [-0.25, -0.2) is 4.79 Å². The maximum absolute atomic E-state index is 12.2. The van der Waals surface area contributed by atoms with E-state index in [9.17, 15) is 9.59 Å². The Morgan fingerprint density at radius 2 is 1.83 bits per heavy atom. The van der Waals surface area contributed by atoms with E-state index in [0.717, 1.165) is 11.3 Å². The van der Waals surface area contributed by atoms with Crippen LogP contribution in [0.15, 0.2) is 42.5 Å². The standard InChI is InChI=1S/C19H23NO4/c1-14(2)19(22)24-17-10-12-20(13-11-17)18(21)9-6-15-4-7-16(23-3)8-5-15/h4-9,17H,1,10-13H2,2-3H3/b9-6+. The van der Waals surface area contributed by atoms with Crippen LogP contribution in [0.3, 0.4) is 0 Å². The van der Waals surface area contributed by atoms with Crippen molar-refractivity contribution in [3.05, 3.63) is 48.1 Å². The molecule has 0 aromatic heterocycles. The van der Waals surface area contributed by atoms with Crippen molar-refractivity contribution in [1.82, 2.24) is 4.90 Å². The van der Waals surface area contributed by atoms with Gasteiger partial charge in [-0.3, -0.25) is 4.79 Å². The van der Waals surface area contributed by atoms with E-state index in [1.807, 2.05) is 24.3 Å². The second-order valence-corrected chi connectivity index (χ2v) is 5.82. The average molecular weight is 329 g/mol. The number of carbonyl (C=O) groups excluding carboxylic acids is 2. The predicted molar refractivity (Wildman–Crippen MR) is 92.5 cm³/mol. The van der Waals surface area contributed by atoms with Gasteiger partial charge in [0.25, 0.3) is 0 Å². The highest BCUT2D eigenvalue weighted by Gasteiger charge is 2.24. The number of ether oxygens (including phenoxy) is 2. The maximum atomic E-state index is 12.2. The Labute approximate surface area is 142 Å². The number of methoxy groups -OCH3 is 1. The molecule has 0 bridgehead atoms. The fraction of sp³-hybridized carbons (Fsp3) is 0.368. The van der Waals surface area contributed by atoms with Crippen LogP contribution >= 0.6 is 0 Å². The second-order valence-electron chi connectivity index (χ2n) is 5.82. The summed E-state index contributed by atoms with van der Waals surface area (Å²) < 4.78 is 10.4. The van der Waals surface area contributed by atoms with Gasteiger partial charge in [0.05, 0.1) is 7.11 Å². The number of rotatable bonds is 5. The zero-order valence-electron chi connectivity index (χ0n) is 14.2. The summed E-state index contributed by atoms with van der Waals surface area (Å²) in [6.07, 6.45) is 4.53. The molecule has 1 saturated heterocycles. The number of nitrogens with zero attached hydrogens (tertiary/aromatic N) is 1. The molecule has 0 radical (unpaired) electrons. The highest BCUT2D eigenvalue weighted by molar-refractivity contribution is 5.92. The first kappa shape index (κ1) is 17.8. The minimum atomic E-state index is -0.362. The van der Waals surface area contributed by atoms with Crippen molar-refractivity contribution in [3.63, 3.8) is 0 Å². The Hall–Kier alpha value is -2.56. The Morgan fingerprint density at radius 1 is 1.21 bits per heavy atom. The zero-order chi connectivity index (χ0) is 17.5. The molecule has 5 heteroatoms. The van der Waals surface area contributed by atoms with Gasteiger partial charge in [-0.2, -0.15) is 0 Å². The lowest BCUT2D eigenvalue weighted by atomic mass is 10.1. The number of carbonyl (C=O) groups is 2. The molecule has 0 N–H and O–H groups in total. The number of amides is 1. The third kappa shape index (κ3) is 4.98. The normalized spacial score (nSPS) is 15.3. The van der Waals surface area contributed by atoms with E-state index in [2.05, 4.69) is 6.58 Å². The Bertz CT molecular complexity index is 625. The molecule has 0 spiro atoms. The summed E-state index contributed by atoms with van der Waals surface area (Å²) in [6, 6.07) is 7.50. The molecule has 24 heavy (non-hydrogen) atoms. The van der Waals surface area contributed by atoms with Crippen molar-refractivity contribution in [1.29, 1.82) is 0 Å². The molecule has 0 unspecified atom stereocenters. The number of piperidine rings is 1. The van der Waals surface area contributed by atoms with Crippen molar-refractivity contribution in [3.8, 4) is 5.75 Å². The maximum Gasteiger partial charge on any atom is 0.333 e. The fourth-order valence-electron chi connectivity index (χ4n) is 2.43. The summed E-state index contributed by atoms with van der Waals surface area (Å²) in [5.74, 6) is 0.388. The van der Waals surface area contributed by atoms with Gasteiger partial charge in [0.15, 0.2) is 0 Å². The summed E-state index contributed by atoms with van der Waals surface area (Å²) in [7, 11) is 1.62. The molecule has 1 aliphatic heterocycles. The molecular formula is C19H23NO4. The van der Waals surface area contributed by atoms with Crippen LogP contribution in [0, 0.1) is 0 Å². The molecule has 1 heterocycles. The van der Waals surface area contributed by atoms with Gasteiger partial charge >= 0.3 is 5.97 Å². The lowest BCUT2D eigenvalue weighted by Crippen LogP contribution is -2.40. The minimum absolute atomic E-state index is 0.0319. The van der Waals surface area contributed by atoms with Crippen molar-refractivity contribution >= 4 is 18.0 Å². The molecule has 1 aromatic carbocycles. The highest BCUT2D eigenvalue weighted by atomic mass is 16.5. The van der Waals surface area contributed by atoms with Crippen LogP contribution in [0.2, 0.25) is 0 Å². The topological polar surface area (TPSA) is 55.8 Å². The molecule has 1 aromatic rings. The van der Waals surface area contributed by atoms with E-state index in [1.54, 1.807) is 31.1 Å². The van der Waals surface area contributed by atoms with E-state index in [4.69, 9.17) is 9.47 Å². The van der Waals surface area contributed by atoms with Gasteiger partial charge in [0.2, 0.25) is 5.91 Å². The van der Waals surface area contributed by atoms with E-state index < -0.39 is 0 Å². The largest absolute Gasteiger partial charge is 0.497 e. The predicted octanol–water partition coefficient (Wildman–Crippen LogP) is 2.82. The summed E-state index contributed by atoms with van der Waals surface area (Å²) in [4.78, 5) is 25.5. The van der Waals surface area contributed by atoms with Gasteiger partial charge in [-0.15, -0.1) is 0 Å². The smallest absolute Gasteiger partial charge is 0.333 e. The van der Waals surface area contributed by atoms with Gasteiger partial charge in [-0.1, -0.05) is 18.7 Å². The van der Waals surface area contributed by atoms with Crippen molar-refractivity contribution in [2.45, 2.75) is 25.9 Å². The zero-order valence-corrected chi connectivity index (χ0v) is 14.2. The van der Waals surface area contributed by atoms with E-state index in [-0.39, 0.29) is 18.0 Å². The van der Waals surface area contributed by atoms with Gasteiger partial charge in [-0.05, 0) is 30.7 Å². The molecule has 1 fully saturated rings. The van der Waals surface area contributed by atoms with Gasteiger partial charge in [0, 0.05) is 37.6 Å². The quantitative estimate of drug-likeness (QED) is 0.616. The van der Waals surface area contributed by atoms with Crippen LogP contribution in [0.4, 0.5) is 0 Å². The Morgan fingerprint density at radius 3 is 2.38 bits per heavy atom. The first-order valence-corrected chi connectivity index (χ1v) is 7.97. The number of benzene rings is 1. The van der Waals surface area contributed by atoms with Gasteiger partial charge in [0.1, 0.15) is 11.9 Å². The summed E-state index contributed by atoms with van der Waals surface area (Å²) >= 11 is 0. The number of hydrogen-bond acceptors (Lipinski definition) is 4. The van der Waals surface area contributed by atoms with Crippen LogP contribution in [0.5, 0.6) is 5.75 Å². The van der Waals surface area contributed by atoms with Crippen molar-refractivity contribution < 1.29 is 19.1 Å². The molecule has 1 aliphatic rings. The lowest BCUT2D eigenvalue weighted by molar-refractivity contribution is -0.147. The summed E-state index contributed by atoms with van der Waals surface area (Å²) in [5, 5.41) is 0. The van der Waals surface area contributed by atoms with Crippen LogP contribution in [-0.2, 0) is 14.3 Å². The van der Waals surface area contributed by atoms with E-state index >= 15 is 0 Å². The third-order valence-electron chi connectivity index (χ3n) is 3.91. The summed E-state index contributed by atoms with van der Waals surface area (Å²) in [6.45, 7) is 6.37. The number of likely N-dealkylation sites (tertiary alicyclic amines) is 1. The molecule has 128 valence electrons. The molecular weight excluding hydrogens is 306 g/mol. The van der Waals surface area contributed by atoms with Crippen LogP contribution in [0.25, 0.3) is 6.08 Å². The van der Waals surface area contributed by atoms with E-state index in [0.29, 0.717) is 31.5 Å². The molecule has 1 amide bonds. The van der Waals surface area contributed by atoms with Crippen LogP contribution in [-0.4, -0.2) is 43.1 Å². The van der Waals surface area contributed by atoms with Crippen molar-refractivity contribution in [2.75, 3.05) is 20.2 Å². The number of esters is 1. The second kappa shape index (κ2) is 8.34. The fourth-order valence-corrected chi connectivity index (χ4v) is 2.43. The lowest BCUT2D eigenvalue weighted by Gasteiger charge is -2.31. The Kier molecular flexibility index (Phi) is 6.18. The SMILES string of the molecule is C=C(C)C(=O)OC1CCN(C(=O)/C=C/c2ccc(OC)cc2)CC1. The molecule has 0 atom stereocenters. The molecule has 2 rings (SSSR count). The average Bonchev–Trinajstić information content (AvgIpc) is 2.60. The first-order chi connectivity index (χ1) is 11.5. The van der Waals surface area contributed by atoms with Crippen LogP contribution < -0.4 is 4.74 Å². The monoisotopic (exact) mass is 329 g/mol. The first-order valence-electron chi connectivity index (χ1n) is 7.97. The molecule has 0 saturated carbocycles. The van der Waals surface area contributed by atoms with Crippen molar-refractivity contribution in [2.24, 2.45) is 0 Å². The van der Waals surface area contributed by atoms with E-state index in [1.165, 1.54) is 0 Å². The molecule has 0 aliphatic carbocycles. The molecule has 5 nitrogen and oxygen atoms in total. The third-order valence-corrected chi connectivity index (χ3v) is 3.91. The highest BCUT2D eigenvalue weighted by Crippen LogP contribution is 2.16. The summed E-state index contributed by atoms with van der Waals surface area (Å²) in [5.41, 5.74) is 1.34. The Balaban J connectivity index is 1.82. The minimum Gasteiger partial charge on any atom is -0.497 e. The van der Waals surface area contributed by atoms with Crippen LogP contribution in [0.1, 0.15) is 25.3 Å².